The van der Waals surface area contributed by atoms with E-state index < -0.39 is 59.6 Å². The van der Waals surface area contributed by atoms with Crippen LogP contribution in [0.25, 0.3) is 0 Å². The molecule has 40 heavy (non-hydrogen) atoms. The highest BCUT2D eigenvalue weighted by atomic mass is 35.5. The lowest BCUT2D eigenvalue weighted by Crippen LogP contribution is -2.56. The first-order valence-electron chi connectivity index (χ1n) is 12.2. The van der Waals surface area contributed by atoms with Crippen LogP contribution in [0.15, 0.2) is 30.3 Å². The average Bonchev–Trinajstić information content (AvgIpc) is 2.91. The summed E-state index contributed by atoms with van der Waals surface area (Å²) in [6.07, 6.45) is -0.528. The standard InChI is InChI=1S/C25H37N5O8S.ClH/c1-15(2)10-18(29-20(31)11-26)23(34)30-19(22(33)27-12-21(32)37-4)14-39-24(35)16(3)28-25(36)38-13-17-8-6-5-7-9-17;/h5-9,15-16,18-19H,10-14,26H2,1-4H3,(H,27,33)(H,28,36)(H,29,31)(H,30,34);1H/t16-,18-,19-;/m0./s1. The quantitative estimate of drug-likeness (QED) is 0.173. The minimum absolute atomic E-state index is 0. The van der Waals surface area contributed by atoms with Crippen molar-refractivity contribution in [3.05, 3.63) is 35.9 Å². The smallest absolute Gasteiger partial charge is 0.408 e. The Balaban J connectivity index is 0.0000152. The molecule has 13 nitrogen and oxygen atoms in total. The molecule has 0 saturated heterocycles. The van der Waals surface area contributed by atoms with E-state index in [0.717, 1.165) is 12.7 Å². The molecule has 3 atom stereocenters. The SMILES string of the molecule is COC(=O)CNC(=O)[C@H](CSC(=O)[C@H](C)NC(=O)OCc1ccccc1)NC(=O)[C@H](CC(C)C)NC(=O)CN.Cl. The number of nitrogens with one attached hydrogen (secondary N) is 4. The Bertz CT molecular complexity index is 999. The zero-order valence-corrected chi connectivity index (χ0v) is 24.5. The number of esters is 1. The van der Waals surface area contributed by atoms with Gasteiger partial charge >= 0.3 is 12.1 Å². The molecule has 0 bridgehead atoms. The molecule has 1 aromatic rings. The van der Waals surface area contributed by atoms with E-state index in [4.69, 9.17) is 10.5 Å². The number of amides is 4. The van der Waals surface area contributed by atoms with E-state index in [1.165, 1.54) is 6.92 Å². The summed E-state index contributed by atoms with van der Waals surface area (Å²) in [6, 6.07) is 5.80. The first-order chi connectivity index (χ1) is 18.5. The zero-order chi connectivity index (χ0) is 29.4. The molecule has 4 amide bonds. The van der Waals surface area contributed by atoms with E-state index in [9.17, 15) is 28.8 Å². The van der Waals surface area contributed by atoms with Gasteiger partial charge in [0.1, 0.15) is 25.2 Å². The third-order valence-corrected chi connectivity index (χ3v) is 6.24. The minimum Gasteiger partial charge on any atom is -0.468 e. The number of halogens is 1. The molecule has 0 unspecified atom stereocenters. The molecule has 224 valence electrons. The van der Waals surface area contributed by atoms with Crippen molar-refractivity contribution in [2.75, 3.05) is 26.0 Å². The number of benzene rings is 1. The molecule has 0 saturated carbocycles. The van der Waals surface area contributed by atoms with Crippen LogP contribution in [-0.2, 0) is 40.1 Å². The lowest BCUT2D eigenvalue weighted by molar-refractivity contribution is -0.141. The van der Waals surface area contributed by atoms with Gasteiger partial charge in [-0.2, -0.15) is 0 Å². The maximum atomic E-state index is 12.9. The van der Waals surface area contributed by atoms with Crippen molar-refractivity contribution in [1.82, 2.24) is 21.3 Å². The molecule has 1 rings (SSSR count). The number of nitrogens with two attached hydrogens (primary N) is 1. The van der Waals surface area contributed by atoms with Crippen LogP contribution in [0.5, 0.6) is 0 Å². The second-order valence-corrected chi connectivity index (χ2v) is 9.89. The van der Waals surface area contributed by atoms with Crippen LogP contribution in [-0.4, -0.2) is 79.0 Å². The van der Waals surface area contributed by atoms with Crippen molar-refractivity contribution in [2.24, 2.45) is 11.7 Å². The molecule has 0 heterocycles. The Morgan fingerprint density at radius 3 is 2.15 bits per heavy atom. The summed E-state index contributed by atoms with van der Waals surface area (Å²) in [4.78, 5) is 73.7. The van der Waals surface area contributed by atoms with Crippen LogP contribution < -0.4 is 27.0 Å². The number of alkyl carbamates (subject to hydrolysis) is 1. The van der Waals surface area contributed by atoms with Crippen LogP contribution in [0.1, 0.15) is 32.8 Å². The predicted octanol–water partition coefficient (Wildman–Crippen LogP) is 0.247. The van der Waals surface area contributed by atoms with E-state index in [2.05, 4.69) is 26.0 Å². The Morgan fingerprint density at radius 2 is 1.57 bits per heavy atom. The second-order valence-electron chi connectivity index (χ2n) is 8.87. The summed E-state index contributed by atoms with van der Waals surface area (Å²) in [6.45, 7) is 4.39. The Morgan fingerprint density at radius 1 is 0.925 bits per heavy atom. The molecular weight excluding hydrogens is 566 g/mol. The summed E-state index contributed by atoms with van der Waals surface area (Å²) in [5.41, 5.74) is 6.12. The van der Waals surface area contributed by atoms with Crippen molar-refractivity contribution in [3.63, 3.8) is 0 Å². The van der Waals surface area contributed by atoms with Gasteiger partial charge in [-0.3, -0.25) is 24.0 Å². The number of carbonyl (C=O) groups excluding carboxylic acids is 6. The molecule has 0 radical (unpaired) electrons. The first-order valence-corrected chi connectivity index (χ1v) is 13.2. The highest BCUT2D eigenvalue weighted by Gasteiger charge is 2.29. The highest BCUT2D eigenvalue weighted by molar-refractivity contribution is 8.13. The lowest BCUT2D eigenvalue weighted by Gasteiger charge is -2.24. The molecule has 1 aromatic carbocycles. The van der Waals surface area contributed by atoms with E-state index in [0.29, 0.717) is 11.8 Å². The van der Waals surface area contributed by atoms with Gasteiger partial charge in [-0.05, 0) is 24.8 Å². The van der Waals surface area contributed by atoms with E-state index in [1.807, 2.05) is 19.9 Å². The summed E-state index contributed by atoms with van der Waals surface area (Å²) < 4.78 is 9.61. The van der Waals surface area contributed by atoms with Crippen molar-refractivity contribution >= 4 is 59.1 Å². The molecular formula is C25H38ClN5O8S. The number of rotatable bonds is 15. The van der Waals surface area contributed by atoms with Crippen molar-refractivity contribution in [3.8, 4) is 0 Å². The summed E-state index contributed by atoms with van der Waals surface area (Å²) in [7, 11) is 1.15. The van der Waals surface area contributed by atoms with E-state index >= 15 is 0 Å². The third-order valence-electron chi connectivity index (χ3n) is 5.10. The van der Waals surface area contributed by atoms with Gasteiger partial charge in [-0.25, -0.2) is 4.79 Å². The largest absolute Gasteiger partial charge is 0.468 e. The van der Waals surface area contributed by atoms with Gasteiger partial charge in [0.15, 0.2) is 0 Å². The number of ether oxygens (including phenoxy) is 2. The number of hydrogen-bond donors (Lipinski definition) is 5. The topological polar surface area (TPSA) is 195 Å². The Labute approximate surface area is 243 Å². The van der Waals surface area contributed by atoms with Crippen molar-refractivity contribution in [1.29, 1.82) is 0 Å². The van der Waals surface area contributed by atoms with Gasteiger partial charge in [-0.1, -0.05) is 55.9 Å². The van der Waals surface area contributed by atoms with Crippen molar-refractivity contribution in [2.45, 2.75) is 51.9 Å². The number of hydrogen-bond acceptors (Lipinski definition) is 10. The highest BCUT2D eigenvalue weighted by Crippen LogP contribution is 2.11. The number of carbonyl (C=O) groups is 6. The fraction of sp³-hybridized carbons (Fsp3) is 0.520. The summed E-state index contributed by atoms with van der Waals surface area (Å²) in [5, 5.41) is 9.30. The van der Waals surface area contributed by atoms with E-state index in [-0.39, 0.29) is 43.7 Å². The Hall–Kier alpha value is -3.36. The minimum atomic E-state index is -1.25. The van der Waals surface area contributed by atoms with Crippen LogP contribution in [0, 0.1) is 5.92 Å². The van der Waals surface area contributed by atoms with Gasteiger partial charge < -0.3 is 36.5 Å². The normalized spacial score (nSPS) is 12.6. The zero-order valence-electron chi connectivity index (χ0n) is 22.9. The van der Waals surface area contributed by atoms with E-state index in [1.54, 1.807) is 24.3 Å². The maximum Gasteiger partial charge on any atom is 0.408 e. The van der Waals surface area contributed by atoms with Gasteiger partial charge in [-0.15, -0.1) is 12.4 Å². The fourth-order valence-electron chi connectivity index (χ4n) is 3.06. The fourth-order valence-corrected chi connectivity index (χ4v) is 3.93. The molecule has 0 aromatic heterocycles. The molecule has 0 spiro atoms. The monoisotopic (exact) mass is 603 g/mol. The summed E-state index contributed by atoms with van der Waals surface area (Å²) in [5.74, 6) is -2.86. The molecule has 0 aliphatic heterocycles. The van der Waals surface area contributed by atoms with Crippen molar-refractivity contribution < 1.29 is 38.2 Å². The Kier molecular flexibility index (Phi) is 18.0. The van der Waals surface area contributed by atoms with Crippen LogP contribution in [0.2, 0.25) is 0 Å². The lowest BCUT2D eigenvalue weighted by atomic mass is 10.0. The van der Waals surface area contributed by atoms with Gasteiger partial charge in [0.25, 0.3) is 0 Å². The van der Waals surface area contributed by atoms with Crippen LogP contribution in [0.3, 0.4) is 0 Å². The first kappa shape index (κ1) is 36.6. The van der Waals surface area contributed by atoms with Gasteiger partial charge in [0.2, 0.25) is 22.8 Å². The number of methoxy groups -OCH3 is 1. The summed E-state index contributed by atoms with van der Waals surface area (Å²) >= 11 is 0.695. The van der Waals surface area contributed by atoms with Gasteiger partial charge in [0.05, 0.1) is 19.7 Å². The van der Waals surface area contributed by atoms with Gasteiger partial charge in [0, 0.05) is 5.75 Å². The molecule has 0 fully saturated rings. The number of thioether (sulfide) groups is 1. The average molecular weight is 604 g/mol. The van der Waals surface area contributed by atoms with Crippen LogP contribution >= 0.6 is 24.2 Å². The third kappa shape index (κ3) is 14.7. The predicted molar refractivity (Wildman–Crippen MR) is 151 cm³/mol. The molecule has 15 heteroatoms. The second kappa shape index (κ2) is 19.7. The molecule has 0 aliphatic rings. The molecule has 6 N–H and O–H groups in total. The van der Waals surface area contributed by atoms with Crippen LogP contribution in [0.4, 0.5) is 4.79 Å². The maximum absolute atomic E-state index is 12.9. The molecule has 0 aliphatic carbocycles.